The van der Waals surface area contributed by atoms with Gasteiger partial charge in [0.15, 0.2) is 9.84 Å². The number of nitrogens with zero attached hydrogens (tertiary/aromatic N) is 2. The maximum absolute atomic E-state index is 11.8. The van der Waals surface area contributed by atoms with Gasteiger partial charge < -0.3 is 9.77 Å². The summed E-state index contributed by atoms with van der Waals surface area (Å²) in [6.45, 7) is 0. The molecule has 0 bridgehead atoms. The van der Waals surface area contributed by atoms with Crippen molar-refractivity contribution in [2.24, 2.45) is 12.2 Å². The quantitative estimate of drug-likeness (QED) is 0.355. The van der Waals surface area contributed by atoms with Crippen molar-refractivity contribution in [2.75, 3.05) is 6.26 Å². The van der Waals surface area contributed by atoms with Crippen molar-refractivity contribution < 1.29 is 13.6 Å². The van der Waals surface area contributed by atoms with Gasteiger partial charge in [0.1, 0.15) is 0 Å². The molecule has 0 amide bonds. The van der Waals surface area contributed by atoms with Gasteiger partial charge in [0.2, 0.25) is 5.56 Å². The number of benzene rings is 2. The molecule has 6 nitrogen and oxygen atoms in total. The van der Waals surface area contributed by atoms with Crippen molar-refractivity contribution in [3.63, 3.8) is 0 Å². The minimum absolute atomic E-state index is 0.171. The van der Waals surface area contributed by atoms with Crippen LogP contribution < -0.4 is 5.56 Å². The standard InChI is InChI=1S/C22H21ClN2O4S/c1-25-14-16(9-12-22(25)26)21(24-27)13-19(18-5-3-4-6-20(18)23)15-7-10-17(11-8-15)30(2,28)29/h3-12,14,19,27H,13H2,1-2H3/b24-21-. The second-order valence-corrected chi connectivity index (χ2v) is 9.46. The van der Waals surface area contributed by atoms with Gasteiger partial charge in [-0.3, -0.25) is 4.79 Å². The number of halogens is 1. The van der Waals surface area contributed by atoms with Crippen LogP contribution in [0.5, 0.6) is 0 Å². The Balaban J connectivity index is 2.07. The Morgan fingerprint density at radius 1 is 1.10 bits per heavy atom. The molecule has 0 fully saturated rings. The first-order valence-corrected chi connectivity index (χ1v) is 11.4. The maximum Gasteiger partial charge on any atom is 0.250 e. The van der Waals surface area contributed by atoms with Gasteiger partial charge in [0.05, 0.1) is 10.6 Å². The molecule has 0 aliphatic heterocycles. The van der Waals surface area contributed by atoms with Gasteiger partial charge in [-0.25, -0.2) is 8.42 Å². The summed E-state index contributed by atoms with van der Waals surface area (Å²) in [4.78, 5) is 11.9. The molecule has 0 aliphatic carbocycles. The molecule has 30 heavy (non-hydrogen) atoms. The number of aromatic nitrogens is 1. The average Bonchev–Trinajstić information content (AvgIpc) is 2.71. The van der Waals surface area contributed by atoms with Crippen molar-refractivity contribution in [3.05, 3.63) is 98.9 Å². The number of oxime groups is 1. The molecule has 1 unspecified atom stereocenters. The molecule has 1 atom stereocenters. The van der Waals surface area contributed by atoms with Crippen LogP contribution in [0.4, 0.5) is 0 Å². The van der Waals surface area contributed by atoms with E-state index in [4.69, 9.17) is 11.6 Å². The van der Waals surface area contributed by atoms with E-state index in [0.717, 1.165) is 17.4 Å². The monoisotopic (exact) mass is 444 g/mol. The highest BCUT2D eigenvalue weighted by Gasteiger charge is 2.22. The highest BCUT2D eigenvalue weighted by molar-refractivity contribution is 7.90. The smallest absolute Gasteiger partial charge is 0.250 e. The van der Waals surface area contributed by atoms with Crippen LogP contribution in [0.25, 0.3) is 0 Å². The molecule has 0 aliphatic rings. The van der Waals surface area contributed by atoms with E-state index in [0.29, 0.717) is 16.3 Å². The molecule has 0 radical (unpaired) electrons. The summed E-state index contributed by atoms with van der Waals surface area (Å²) in [5.74, 6) is -0.296. The predicted octanol–water partition coefficient (Wildman–Crippen LogP) is 3.84. The lowest BCUT2D eigenvalue weighted by Gasteiger charge is -2.20. The number of aryl methyl sites for hydroxylation is 1. The molecular formula is C22H21ClN2O4S. The summed E-state index contributed by atoms with van der Waals surface area (Å²) in [5.41, 5.74) is 2.45. The Kier molecular flexibility index (Phi) is 6.43. The van der Waals surface area contributed by atoms with Gasteiger partial charge in [-0.2, -0.15) is 0 Å². The fourth-order valence-electron chi connectivity index (χ4n) is 3.29. The van der Waals surface area contributed by atoms with Crippen molar-refractivity contribution in [3.8, 4) is 0 Å². The van der Waals surface area contributed by atoms with Crippen LogP contribution >= 0.6 is 11.6 Å². The lowest BCUT2D eigenvalue weighted by molar-refractivity contribution is 0.317. The molecular weight excluding hydrogens is 424 g/mol. The first-order valence-electron chi connectivity index (χ1n) is 9.13. The van der Waals surface area contributed by atoms with Gasteiger partial charge in [-0.1, -0.05) is 47.1 Å². The molecule has 1 N–H and O–H groups in total. The molecule has 3 rings (SSSR count). The molecule has 0 spiro atoms. The Hall–Kier alpha value is -2.90. The molecule has 0 saturated carbocycles. The topological polar surface area (TPSA) is 88.7 Å². The zero-order valence-electron chi connectivity index (χ0n) is 16.5. The molecule has 156 valence electrons. The third kappa shape index (κ3) is 4.80. The number of hydrogen-bond acceptors (Lipinski definition) is 5. The number of rotatable bonds is 6. The van der Waals surface area contributed by atoms with E-state index >= 15 is 0 Å². The second-order valence-electron chi connectivity index (χ2n) is 7.03. The molecule has 1 heterocycles. The largest absolute Gasteiger partial charge is 0.411 e. The minimum Gasteiger partial charge on any atom is -0.411 e. The fraction of sp³-hybridized carbons (Fsp3) is 0.182. The lowest BCUT2D eigenvalue weighted by Crippen LogP contribution is -2.18. The summed E-state index contributed by atoms with van der Waals surface area (Å²) in [6.07, 6.45) is 3.05. The third-order valence-electron chi connectivity index (χ3n) is 4.93. The van der Waals surface area contributed by atoms with Crippen LogP contribution in [0.15, 0.2) is 81.7 Å². The molecule has 0 saturated heterocycles. The van der Waals surface area contributed by atoms with Gasteiger partial charge >= 0.3 is 0 Å². The average molecular weight is 445 g/mol. The van der Waals surface area contributed by atoms with E-state index in [1.165, 1.54) is 10.6 Å². The Bertz CT molecular complexity index is 1250. The van der Waals surface area contributed by atoms with Crippen molar-refractivity contribution in [1.82, 2.24) is 4.57 Å². The van der Waals surface area contributed by atoms with Crippen LogP contribution in [-0.4, -0.2) is 30.2 Å². The first-order chi connectivity index (χ1) is 14.2. The second kappa shape index (κ2) is 8.85. The van der Waals surface area contributed by atoms with E-state index < -0.39 is 9.84 Å². The molecule has 2 aromatic carbocycles. The lowest BCUT2D eigenvalue weighted by atomic mass is 9.85. The number of hydrogen-bond donors (Lipinski definition) is 1. The minimum atomic E-state index is -3.32. The summed E-state index contributed by atoms with van der Waals surface area (Å²) in [5, 5.41) is 13.7. The molecule has 1 aromatic heterocycles. The summed E-state index contributed by atoms with van der Waals surface area (Å²) < 4.78 is 25.0. The molecule has 3 aromatic rings. The number of sulfone groups is 1. The zero-order chi connectivity index (χ0) is 21.9. The van der Waals surface area contributed by atoms with Crippen molar-refractivity contribution in [2.45, 2.75) is 17.2 Å². The first kappa shape index (κ1) is 21.8. The normalized spacial score (nSPS) is 13.2. The highest BCUT2D eigenvalue weighted by Crippen LogP contribution is 2.34. The predicted molar refractivity (Wildman–Crippen MR) is 117 cm³/mol. The Morgan fingerprint density at radius 2 is 1.77 bits per heavy atom. The van der Waals surface area contributed by atoms with Crippen LogP contribution in [0, 0.1) is 0 Å². The van der Waals surface area contributed by atoms with Gasteiger partial charge in [-0.05, 0) is 35.4 Å². The maximum atomic E-state index is 11.8. The fourth-order valence-corrected chi connectivity index (χ4v) is 4.18. The van der Waals surface area contributed by atoms with E-state index in [-0.39, 0.29) is 22.8 Å². The zero-order valence-corrected chi connectivity index (χ0v) is 18.1. The van der Waals surface area contributed by atoms with E-state index in [9.17, 15) is 18.4 Å². The third-order valence-corrected chi connectivity index (χ3v) is 6.40. The van der Waals surface area contributed by atoms with E-state index in [2.05, 4.69) is 5.16 Å². The van der Waals surface area contributed by atoms with Gasteiger partial charge in [0, 0.05) is 48.5 Å². The van der Waals surface area contributed by atoms with Crippen LogP contribution in [0.3, 0.4) is 0 Å². The van der Waals surface area contributed by atoms with Crippen molar-refractivity contribution >= 4 is 27.1 Å². The van der Waals surface area contributed by atoms with Crippen molar-refractivity contribution in [1.29, 1.82) is 0 Å². The van der Waals surface area contributed by atoms with Crippen LogP contribution in [-0.2, 0) is 16.9 Å². The van der Waals surface area contributed by atoms with Gasteiger partial charge in [-0.15, -0.1) is 0 Å². The van der Waals surface area contributed by atoms with Crippen LogP contribution in [0.2, 0.25) is 5.02 Å². The van der Waals surface area contributed by atoms with E-state index in [1.807, 2.05) is 18.2 Å². The van der Waals surface area contributed by atoms with Crippen LogP contribution in [0.1, 0.15) is 29.0 Å². The van der Waals surface area contributed by atoms with E-state index in [1.54, 1.807) is 49.6 Å². The summed E-state index contributed by atoms with van der Waals surface area (Å²) >= 11 is 6.45. The van der Waals surface area contributed by atoms with Gasteiger partial charge in [0.25, 0.3) is 0 Å². The highest BCUT2D eigenvalue weighted by atomic mass is 35.5. The molecule has 8 heteroatoms. The summed E-state index contributed by atoms with van der Waals surface area (Å²) in [7, 11) is -1.70. The Morgan fingerprint density at radius 3 is 2.33 bits per heavy atom. The SMILES string of the molecule is Cn1cc(/C(CC(c2ccc(S(C)(=O)=O)cc2)c2ccccc2Cl)=N\O)ccc1=O. The summed E-state index contributed by atoms with van der Waals surface area (Å²) in [6, 6.07) is 16.9. The number of pyridine rings is 1. The Labute approximate surface area is 180 Å².